The highest BCUT2D eigenvalue weighted by molar-refractivity contribution is 6.00. The molecular weight excluding hydrogens is 297 g/mol. The lowest BCUT2D eigenvalue weighted by molar-refractivity contribution is -0.140. The third-order valence-corrected chi connectivity index (χ3v) is 4.27. The van der Waals surface area contributed by atoms with Gasteiger partial charge in [-0.15, -0.1) is 0 Å². The molecule has 118 valence electrons. The monoisotopic (exact) mass is 313 g/mol. The Labute approximate surface area is 133 Å². The number of nitrogens with zero attached hydrogens (tertiary/aromatic N) is 1. The van der Waals surface area contributed by atoms with Crippen molar-refractivity contribution in [3.05, 3.63) is 71.0 Å². The largest absolute Gasteiger partial charge is 0.481 e. The number of rotatable bonds is 3. The molecule has 4 nitrogen and oxygen atoms in total. The Morgan fingerprint density at radius 1 is 1.13 bits per heavy atom. The first-order chi connectivity index (χ1) is 11.1. The topological polar surface area (TPSA) is 57.6 Å². The van der Waals surface area contributed by atoms with Crippen molar-refractivity contribution in [2.45, 2.75) is 18.9 Å². The highest BCUT2D eigenvalue weighted by Gasteiger charge is 2.44. The molecule has 3 rings (SSSR count). The van der Waals surface area contributed by atoms with Gasteiger partial charge in [0, 0.05) is 17.7 Å². The molecule has 0 saturated heterocycles. The van der Waals surface area contributed by atoms with Gasteiger partial charge in [-0.3, -0.25) is 9.59 Å². The SMILES string of the molecule is CCN1C(=O)c2ccccc2C(C(=O)O)C1c1ccccc1F. The van der Waals surface area contributed by atoms with Gasteiger partial charge in [-0.1, -0.05) is 36.4 Å². The minimum atomic E-state index is -1.07. The third kappa shape index (κ3) is 2.38. The van der Waals surface area contributed by atoms with Gasteiger partial charge < -0.3 is 10.0 Å². The van der Waals surface area contributed by atoms with Gasteiger partial charge in [0.15, 0.2) is 0 Å². The Hall–Kier alpha value is -2.69. The van der Waals surface area contributed by atoms with Crippen molar-refractivity contribution < 1.29 is 19.1 Å². The number of halogens is 1. The summed E-state index contributed by atoms with van der Waals surface area (Å²) in [5.74, 6) is -2.85. The molecule has 2 aromatic carbocycles. The molecule has 1 aliphatic heterocycles. The van der Waals surface area contributed by atoms with Crippen molar-refractivity contribution in [1.29, 1.82) is 0 Å². The lowest BCUT2D eigenvalue weighted by Crippen LogP contribution is -2.45. The van der Waals surface area contributed by atoms with Gasteiger partial charge in [0.25, 0.3) is 5.91 Å². The molecule has 1 N–H and O–H groups in total. The predicted molar refractivity (Wildman–Crippen MR) is 82.7 cm³/mol. The standard InChI is InChI=1S/C18H16FNO3/c1-2-20-16(13-9-5-6-10-14(13)19)15(18(22)23)11-7-3-4-8-12(11)17(20)21/h3-10,15-16H,2H2,1H3,(H,22,23). The number of hydrogen-bond acceptors (Lipinski definition) is 2. The molecule has 2 unspecified atom stereocenters. The predicted octanol–water partition coefficient (Wildman–Crippen LogP) is 3.21. The van der Waals surface area contributed by atoms with Crippen molar-refractivity contribution in [2.24, 2.45) is 0 Å². The molecule has 2 aromatic rings. The molecular formula is C18H16FNO3. The normalized spacial score (nSPS) is 20.3. The van der Waals surface area contributed by atoms with E-state index in [0.717, 1.165) is 0 Å². The van der Waals surface area contributed by atoms with E-state index in [1.165, 1.54) is 11.0 Å². The first kappa shape index (κ1) is 15.2. The van der Waals surface area contributed by atoms with Crippen molar-refractivity contribution in [2.75, 3.05) is 6.54 Å². The summed E-state index contributed by atoms with van der Waals surface area (Å²) >= 11 is 0. The zero-order valence-electron chi connectivity index (χ0n) is 12.6. The second-order valence-electron chi connectivity index (χ2n) is 5.46. The smallest absolute Gasteiger partial charge is 0.313 e. The van der Waals surface area contributed by atoms with E-state index in [2.05, 4.69) is 0 Å². The van der Waals surface area contributed by atoms with Crippen LogP contribution in [0.3, 0.4) is 0 Å². The highest BCUT2D eigenvalue weighted by atomic mass is 19.1. The van der Waals surface area contributed by atoms with E-state index < -0.39 is 23.7 Å². The van der Waals surface area contributed by atoms with Crippen molar-refractivity contribution in [1.82, 2.24) is 4.90 Å². The first-order valence-electron chi connectivity index (χ1n) is 7.43. The molecule has 1 amide bonds. The number of carboxylic acid groups (broad SMARTS) is 1. The first-order valence-corrected chi connectivity index (χ1v) is 7.43. The number of hydrogen-bond donors (Lipinski definition) is 1. The number of carbonyl (C=O) groups is 2. The second-order valence-corrected chi connectivity index (χ2v) is 5.46. The number of aliphatic carboxylic acids is 1. The zero-order valence-corrected chi connectivity index (χ0v) is 12.6. The summed E-state index contributed by atoms with van der Waals surface area (Å²) in [4.78, 5) is 26.1. The molecule has 0 radical (unpaired) electrons. The fraction of sp³-hybridized carbons (Fsp3) is 0.222. The van der Waals surface area contributed by atoms with Gasteiger partial charge >= 0.3 is 5.97 Å². The fourth-order valence-corrected chi connectivity index (χ4v) is 3.26. The molecule has 23 heavy (non-hydrogen) atoms. The summed E-state index contributed by atoms with van der Waals surface area (Å²) in [5.41, 5.74) is 1.03. The van der Waals surface area contributed by atoms with Crippen molar-refractivity contribution in [3.63, 3.8) is 0 Å². The van der Waals surface area contributed by atoms with Crippen LogP contribution in [0.1, 0.15) is 40.4 Å². The Bertz CT molecular complexity index is 774. The summed E-state index contributed by atoms with van der Waals surface area (Å²) in [6, 6.07) is 11.8. The Kier molecular flexibility index (Phi) is 3.86. The third-order valence-electron chi connectivity index (χ3n) is 4.27. The second kappa shape index (κ2) is 5.83. The number of amides is 1. The summed E-state index contributed by atoms with van der Waals surface area (Å²) in [6.45, 7) is 2.06. The number of likely N-dealkylation sites (N-methyl/N-ethyl adjacent to an activating group) is 1. The Balaban J connectivity index is 2.26. The van der Waals surface area contributed by atoms with Crippen LogP contribution >= 0.6 is 0 Å². The van der Waals surface area contributed by atoms with Gasteiger partial charge in [-0.25, -0.2) is 4.39 Å². The molecule has 0 fully saturated rings. The average Bonchev–Trinajstić information content (AvgIpc) is 2.55. The van der Waals surface area contributed by atoms with Crippen LogP contribution < -0.4 is 0 Å². The molecule has 1 heterocycles. The molecule has 0 aromatic heterocycles. The minimum Gasteiger partial charge on any atom is -0.481 e. The van der Waals surface area contributed by atoms with Crippen LogP contribution in [-0.4, -0.2) is 28.4 Å². The molecule has 0 spiro atoms. The number of fused-ring (bicyclic) bond motifs is 1. The average molecular weight is 313 g/mol. The van der Waals surface area contributed by atoms with Crippen LogP contribution in [0.25, 0.3) is 0 Å². The van der Waals surface area contributed by atoms with Crippen LogP contribution in [-0.2, 0) is 4.79 Å². The Morgan fingerprint density at radius 2 is 1.74 bits per heavy atom. The van der Waals surface area contributed by atoms with Gasteiger partial charge in [0.05, 0.1) is 6.04 Å². The zero-order chi connectivity index (χ0) is 16.6. The molecule has 0 aliphatic carbocycles. The number of carbonyl (C=O) groups excluding carboxylic acids is 1. The van der Waals surface area contributed by atoms with Gasteiger partial charge in [0.2, 0.25) is 0 Å². The lowest BCUT2D eigenvalue weighted by atomic mass is 9.79. The maximum atomic E-state index is 14.3. The van der Waals surface area contributed by atoms with E-state index in [4.69, 9.17) is 0 Å². The highest BCUT2D eigenvalue weighted by Crippen LogP contribution is 2.43. The summed E-state index contributed by atoms with van der Waals surface area (Å²) in [7, 11) is 0. The van der Waals surface area contributed by atoms with Gasteiger partial charge in [-0.05, 0) is 24.6 Å². The van der Waals surface area contributed by atoms with Crippen LogP contribution in [0, 0.1) is 5.82 Å². The summed E-state index contributed by atoms with van der Waals surface area (Å²) in [5, 5.41) is 9.75. The van der Waals surface area contributed by atoms with E-state index >= 15 is 0 Å². The molecule has 0 saturated carbocycles. The van der Waals surface area contributed by atoms with Crippen LogP contribution in [0.15, 0.2) is 48.5 Å². The maximum Gasteiger partial charge on any atom is 0.313 e. The Morgan fingerprint density at radius 3 is 2.35 bits per heavy atom. The quantitative estimate of drug-likeness (QED) is 0.946. The van der Waals surface area contributed by atoms with E-state index in [1.807, 2.05) is 0 Å². The molecule has 0 bridgehead atoms. The van der Waals surface area contributed by atoms with Crippen molar-refractivity contribution in [3.8, 4) is 0 Å². The minimum absolute atomic E-state index is 0.226. The molecule has 1 aliphatic rings. The molecule has 2 atom stereocenters. The van der Waals surface area contributed by atoms with Crippen LogP contribution in [0.2, 0.25) is 0 Å². The van der Waals surface area contributed by atoms with Crippen LogP contribution in [0.5, 0.6) is 0 Å². The number of carboxylic acids is 1. The number of benzene rings is 2. The molecule has 5 heteroatoms. The van der Waals surface area contributed by atoms with Gasteiger partial charge in [-0.2, -0.15) is 0 Å². The summed E-state index contributed by atoms with van der Waals surface area (Å²) < 4.78 is 14.3. The summed E-state index contributed by atoms with van der Waals surface area (Å²) in [6.07, 6.45) is 0. The maximum absolute atomic E-state index is 14.3. The van der Waals surface area contributed by atoms with Gasteiger partial charge in [0.1, 0.15) is 11.7 Å². The van der Waals surface area contributed by atoms with E-state index in [9.17, 15) is 19.1 Å². The van der Waals surface area contributed by atoms with Crippen molar-refractivity contribution >= 4 is 11.9 Å². The fourth-order valence-electron chi connectivity index (χ4n) is 3.26. The van der Waals surface area contributed by atoms with E-state index in [1.54, 1.807) is 49.4 Å². The van der Waals surface area contributed by atoms with E-state index in [0.29, 0.717) is 17.7 Å². The van der Waals surface area contributed by atoms with E-state index in [-0.39, 0.29) is 11.5 Å². The van der Waals surface area contributed by atoms with Crippen LogP contribution in [0.4, 0.5) is 4.39 Å². The lowest BCUT2D eigenvalue weighted by Gasteiger charge is -2.40.